The summed E-state index contributed by atoms with van der Waals surface area (Å²) < 4.78 is 31.7. The molecule has 0 bridgehead atoms. The van der Waals surface area contributed by atoms with E-state index in [1.165, 1.54) is 6.07 Å². The molecule has 1 fully saturated rings. The predicted molar refractivity (Wildman–Crippen MR) is 68.1 cm³/mol. The Kier molecular flexibility index (Phi) is 4.37. The number of aliphatic hydroxyl groups is 1. The number of hydrogen-bond donors (Lipinski definition) is 2. The summed E-state index contributed by atoms with van der Waals surface area (Å²) in [6.45, 7) is 2.76. The van der Waals surface area contributed by atoms with Crippen LogP contribution >= 0.6 is 0 Å². The molecule has 1 unspecified atom stereocenters. The normalized spacial score (nSPS) is 18.1. The van der Waals surface area contributed by atoms with E-state index in [0.717, 1.165) is 25.0 Å². The van der Waals surface area contributed by atoms with Crippen molar-refractivity contribution in [1.82, 2.24) is 5.32 Å². The van der Waals surface area contributed by atoms with Gasteiger partial charge in [-0.05, 0) is 37.4 Å². The van der Waals surface area contributed by atoms with Gasteiger partial charge >= 0.3 is 0 Å². The fourth-order valence-corrected chi connectivity index (χ4v) is 2.33. The molecule has 1 aliphatic carbocycles. The lowest BCUT2D eigenvalue weighted by Crippen LogP contribution is -2.55. The van der Waals surface area contributed by atoms with Crippen molar-refractivity contribution < 1.29 is 18.6 Å². The summed E-state index contributed by atoms with van der Waals surface area (Å²) in [5.41, 5.74) is -0.532. The van der Waals surface area contributed by atoms with Crippen LogP contribution in [0.2, 0.25) is 0 Å². The first kappa shape index (κ1) is 14.2. The molecular formula is C14H19F2NO2. The van der Waals surface area contributed by atoms with Crippen LogP contribution < -0.4 is 10.1 Å². The quantitative estimate of drug-likeness (QED) is 0.798. The van der Waals surface area contributed by atoms with E-state index in [2.05, 4.69) is 5.32 Å². The van der Waals surface area contributed by atoms with Crippen molar-refractivity contribution in [2.45, 2.75) is 25.3 Å². The number of likely N-dealkylation sites (N-methyl/N-ethyl adjacent to an activating group) is 1. The summed E-state index contributed by atoms with van der Waals surface area (Å²) in [7, 11) is 0. The number of halogens is 2. The molecule has 1 aromatic carbocycles. The van der Waals surface area contributed by atoms with Crippen LogP contribution in [-0.2, 0) is 0 Å². The largest absolute Gasteiger partial charge is 0.488 e. The summed E-state index contributed by atoms with van der Waals surface area (Å²) in [6, 6.07) is 3.22. The van der Waals surface area contributed by atoms with Crippen molar-refractivity contribution in [3.8, 4) is 5.75 Å². The lowest BCUT2D eigenvalue weighted by Gasteiger charge is -2.32. The van der Waals surface area contributed by atoms with E-state index in [4.69, 9.17) is 4.74 Å². The first-order chi connectivity index (χ1) is 9.11. The predicted octanol–water partition coefficient (Wildman–Crippen LogP) is 2.09. The van der Waals surface area contributed by atoms with Gasteiger partial charge in [0.25, 0.3) is 0 Å². The molecule has 0 aliphatic heterocycles. The van der Waals surface area contributed by atoms with Crippen LogP contribution in [0.15, 0.2) is 18.2 Å². The Balaban J connectivity index is 2.05. The summed E-state index contributed by atoms with van der Waals surface area (Å²) >= 11 is 0. The lowest BCUT2D eigenvalue weighted by atomic mass is 9.95. The van der Waals surface area contributed by atoms with Crippen LogP contribution in [0.1, 0.15) is 19.8 Å². The van der Waals surface area contributed by atoms with E-state index in [-0.39, 0.29) is 19.0 Å². The Hall–Kier alpha value is -1.20. The summed E-state index contributed by atoms with van der Waals surface area (Å²) in [5.74, 6) is -0.995. The van der Waals surface area contributed by atoms with Crippen LogP contribution in [0, 0.1) is 17.6 Å². The Labute approximate surface area is 111 Å². The molecule has 2 N–H and O–H groups in total. The molecule has 1 aromatic rings. The maximum atomic E-state index is 13.5. The molecule has 0 saturated heterocycles. The highest BCUT2D eigenvalue weighted by molar-refractivity contribution is 5.25. The highest BCUT2D eigenvalue weighted by atomic mass is 19.1. The summed E-state index contributed by atoms with van der Waals surface area (Å²) in [6.07, 6.45) is 2.06. The molecule has 0 amide bonds. The van der Waals surface area contributed by atoms with E-state index in [9.17, 15) is 13.9 Å². The molecule has 0 aromatic heterocycles. The SMILES string of the molecule is CCNC(CO)(COc1ccc(F)cc1F)C1CC1. The number of aliphatic hydroxyl groups excluding tert-OH is 1. The van der Waals surface area contributed by atoms with Gasteiger partial charge in [-0.15, -0.1) is 0 Å². The monoisotopic (exact) mass is 271 g/mol. The van der Waals surface area contributed by atoms with E-state index in [0.29, 0.717) is 12.5 Å². The zero-order chi connectivity index (χ0) is 13.9. The molecule has 19 heavy (non-hydrogen) atoms. The third kappa shape index (κ3) is 3.22. The average molecular weight is 271 g/mol. The van der Waals surface area contributed by atoms with Crippen molar-refractivity contribution in [3.63, 3.8) is 0 Å². The molecule has 1 saturated carbocycles. The van der Waals surface area contributed by atoms with E-state index in [1.807, 2.05) is 6.92 Å². The van der Waals surface area contributed by atoms with E-state index < -0.39 is 17.2 Å². The van der Waals surface area contributed by atoms with Crippen LogP contribution in [0.3, 0.4) is 0 Å². The number of rotatable bonds is 7. The molecule has 106 valence electrons. The molecule has 0 spiro atoms. The lowest BCUT2D eigenvalue weighted by molar-refractivity contribution is 0.0845. The van der Waals surface area contributed by atoms with E-state index >= 15 is 0 Å². The molecule has 0 heterocycles. The smallest absolute Gasteiger partial charge is 0.167 e. The van der Waals surface area contributed by atoms with Gasteiger partial charge in [-0.25, -0.2) is 8.78 Å². The molecule has 2 rings (SSSR count). The van der Waals surface area contributed by atoms with Crippen molar-refractivity contribution in [2.24, 2.45) is 5.92 Å². The summed E-state index contributed by atoms with van der Waals surface area (Å²) in [5, 5.41) is 12.9. The van der Waals surface area contributed by atoms with Gasteiger partial charge in [0.05, 0.1) is 12.1 Å². The molecular weight excluding hydrogens is 252 g/mol. The molecule has 1 aliphatic rings. The summed E-state index contributed by atoms with van der Waals surface area (Å²) in [4.78, 5) is 0. The number of ether oxygens (including phenoxy) is 1. The molecule has 3 nitrogen and oxygen atoms in total. The average Bonchev–Trinajstić information content (AvgIpc) is 3.21. The van der Waals surface area contributed by atoms with Gasteiger partial charge in [0.15, 0.2) is 11.6 Å². The second kappa shape index (κ2) is 5.84. The number of hydrogen-bond acceptors (Lipinski definition) is 3. The Bertz CT molecular complexity index is 437. The van der Waals surface area contributed by atoms with Crippen LogP contribution in [-0.4, -0.2) is 30.4 Å². The fourth-order valence-electron chi connectivity index (χ4n) is 2.33. The minimum absolute atomic E-state index is 0.0118. The van der Waals surface area contributed by atoms with Crippen LogP contribution in [0.4, 0.5) is 8.78 Å². The minimum atomic E-state index is -0.723. The molecule has 0 radical (unpaired) electrons. The molecule has 5 heteroatoms. The Morgan fingerprint density at radius 1 is 1.42 bits per heavy atom. The fraction of sp³-hybridized carbons (Fsp3) is 0.571. The van der Waals surface area contributed by atoms with Crippen molar-refractivity contribution in [2.75, 3.05) is 19.8 Å². The third-order valence-corrected chi connectivity index (χ3v) is 3.55. The van der Waals surface area contributed by atoms with Gasteiger partial charge in [-0.1, -0.05) is 6.92 Å². The van der Waals surface area contributed by atoms with E-state index in [1.54, 1.807) is 0 Å². The Morgan fingerprint density at radius 2 is 2.16 bits per heavy atom. The minimum Gasteiger partial charge on any atom is -0.488 e. The second-order valence-electron chi connectivity index (χ2n) is 4.98. The highest BCUT2D eigenvalue weighted by Gasteiger charge is 2.45. The van der Waals surface area contributed by atoms with Gasteiger partial charge in [0.2, 0.25) is 0 Å². The van der Waals surface area contributed by atoms with Crippen LogP contribution in [0.5, 0.6) is 5.75 Å². The van der Waals surface area contributed by atoms with Gasteiger partial charge in [-0.2, -0.15) is 0 Å². The zero-order valence-corrected chi connectivity index (χ0v) is 11.0. The Morgan fingerprint density at radius 3 is 2.68 bits per heavy atom. The molecule has 1 atom stereocenters. The maximum Gasteiger partial charge on any atom is 0.167 e. The third-order valence-electron chi connectivity index (χ3n) is 3.55. The second-order valence-corrected chi connectivity index (χ2v) is 4.98. The topological polar surface area (TPSA) is 41.5 Å². The highest BCUT2D eigenvalue weighted by Crippen LogP contribution is 2.40. The van der Waals surface area contributed by atoms with Crippen molar-refractivity contribution in [3.05, 3.63) is 29.8 Å². The van der Waals surface area contributed by atoms with Crippen LogP contribution in [0.25, 0.3) is 0 Å². The first-order valence-corrected chi connectivity index (χ1v) is 6.55. The maximum absolute atomic E-state index is 13.5. The van der Waals surface area contributed by atoms with Gasteiger partial charge < -0.3 is 15.2 Å². The number of nitrogens with one attached hydrogen (secondary N) is 1. The van der Waals surface area contributed by atoms with Gasteiger partial charge in [-0.3, -0.25) is 0 Å². The van der Waals surface area contributed by atoms with Crippen molar-refractivity contribution >= 4 is 0 Å². The first-order valence-electron chi connectivity index (χ1n) is 6.55. The van der Waals surface area contributed by atoms with Crippen molar-refractivity contribution in [1.29, 1.82) is 0 Å². The van der Waals surface area contributed by atoms with Gasteiger partial charge in [0.1, 0.15) is 12.4 Å². The standard InChI is InChI=1S/C14H19F2NO2/c1-2-17-14(8-18,10-3-4-10)9-19-13-6-5-11(15)7-12(13)16/h5-7,10,17-18H,2-4,8-9H2,1H3. The zero-order valence-electron chi connectivity index (χ0n) is 11.0. The number of benzene rings is 1. The van der Waals surface area contributed by atoms with Gasteiger partial charge in [0, 0.05) is 6.07 Å².